The molecular weight excluding hydrogens is 268 g/mol. The van der Waals surface area contributed by atoms with Crippen LogP contribution >= 0.6 is 0 Å². The first-order chi connectivity index (χ1) is 10.1. The number of aliphatic hydroxyl groups excluding tert-OH is 1. The van der Waals surface area contributed by atoms with Crippen molar-refractivity contribution in [3.05, 3.63) is 12.4 Å². The number of nitrogens with one attached hydrogen (secondary N) is 1. The lowest BCUT2D eigenvalue weighted by atomic mass is 10.1. The summed E-state index contributed by atoms with van der Waals surface area (Å²) >= 11 is 0. The van der Waals surface area contributed by atoms with Crippen molar-refractivity contribution >= 4 is 11.6 Å². The van der Waals surface area contributed by atoms with Crippen LogP contribution < -0.4 is 10.2 Å². The Morgan fingerprint density at radius 1 is 1.43 bits per heavy atom. The maximum Gasteiger partial charge on any atom is 0.134 e. The van der Waals surface area contributed by atoms with Gasteiger partial charge in [-0.2, -0.15) is 0 Å². The molecule has 2 heterocycles. The van der Waals surface area contributed by atoms with E-state index in [1.807, 2.05) is 6.07 Å². The molecule has 1 aromatic heterocycles. The molecule has 6 nitrogen and oxygen atoms in total. The third kappa shape index (κ3) is 3.83. The van der Waals surface area contributed by atoms with Gasteiger partial charge < -0.3 is 20.1 Å². The lowest BCUT2D eigenvalue weighted by Crippen LogP contribution is -2.47. The number of aliphatic hydroxyl groups is 1. The fourth-order valence-electron chi connectivity index (χ4n) is 2.77. The quantitative estimate of drug-likeness (QED) is 0.852. The molecule has 1 aliphatic carbocycles. The maximum atomic E-state index is 9.34. The van der Waals surface area contributed by atoms with Crippen molar-refractivity contribution in [2.45, 2.75) is 45.0 Å². The first-order valence-electron chi connectivity index (χ1n) is 7.76. The first-order valence-corrected chi connectivity index (χ1v) is 7.76. The van der Waals surface area contributed by atoms with E-state index in [0.717, 1.165) is 30.6 Å². The van der Waals surface area contributed by atoms with Crippen LogP contribution in [-0.2, 0) is 4.74 Å². The minimum absolute atomic E-state index is 0.230. The zero-order chi connectivity index (χ0) is 14.8. The Bertz CT molecular complexity index is 478. The minimum Gasteiger partial charge on any atom is -0.392 e. The summed E-state index contributed by atoms with van der Waals surface area (Å²) in [6, 6.07) is 1.95. The summed E-state index contributed by atoms with van der Waals surface area (Å²) in [4.78, 5) is 10.9. The van der Waals surface area contributed by atoms with E-state index in [0.29, 0.717) is 12.6 Å². The summed E-state index contributed by atoms with van der Waals surface area (Å²) in [7, 11) is 0. The number of morpholine rings is 1. The second kappa shape index (κ2) is 6.15. The molecule has 1 saturated carbocycles. The second-order valence-corrected chi connectivity index (χ2v) is 6.22. The minimum atomic E-state index is -0.397. The molecule has 0 radical (unpaired) electrons. The van der Waals surface area contributed by atoms with Crippen LogP contribution in [0.25, 0.3) is 0 Å². The topological polar surface area (TPSA) is 70.5 Å². The number of ether oxygens (including phenoxy) is 1. The van der Waals surface area contributed by atoms with Gasteiger partial charge in [0, 0.05) is 25.7 Å². The van der Waals surface area contributed by atoms with Crippen molar-refractivity contribution < 1.29 is 9.84 Å². The molecule has 0 aromatic carbocycles. The van der Waals surface area contributed by atoms with Gasteiger partial charge in [-0.3, -0.25) is 0 Å². The zero-order valence-corrected chi connectivity index (χ0v) is 12.7. The normalized spacial score (nSPS) is 27.5. The Kier molecular flexibility index (Phi) is 4.26. The Balaban J connectivity index is 1.68. The molecule has 2 N–H and O–H groups in total. The van der Waals surface area contributed by atoms with Gasteiger partial charge in [-0.05, 0) is 32.6 Å². The van der Waals surface area contributed by atoms with Gasteiger partial charge >= 0.3 is 0 Å². The van der Waals surface area contributed by atoms with E-state index in [9.17, 15) is 5.11 Å². The highest BCUT2D eigenvalue weighted by molar-refractivity contribution is 5.49. The van der Waals surface area contributed by atoms with Gasteiger partial charge in [0.2, 0.25) is 0 Å². The van der Waals surface area contributed by atoms with E-state index in [2.05, 4.69) is 27.1 Å². The van der Waals surface area contributed by atoms with Crippen molar-refractivity contribution in [3.8, 4) is 0 Å². The Morgan fingerprint density at radius 3 is 2.95 bits per heavy atom. The van der Waals surface area contributed by atoms with E-state index in [-0.39, 0.29) is 6.10 Å². The number of rotatable bonds is 5. The van der Waals surface area contributed by atoms with Crippen molar-refractivity contribution in [1.29, 1.82) is 0 Å². The van der Waals surface area contributed by atoms with E-state index in [4.69, 9.17) is 4.74 Å². The molecule has 1 aliphatic heterocycles. The third-order valence-corrected chi connectivity index (χ3v) is 3.99. The van der Waals surface area contributed by atoms with E-state index in [1.54, 1.807) is 13.3 Å². The molecule has 1 aromatic rings. The summed E-state index contributed by atoms with van der Waals surface area (Å²) in [6.45, 7) is 6.12. The predicted molar refractivity (Wildman–Crippen MR) is 81.5 cm³/mol. The van der Waals surface area contributed by atoms with Gasteiger partial charge in [0.15, 0.2) is 0 Å². The second-order valence-electron chi connectivity index (χ2n) is 6.22. The van der Waals surface area contributed by atoms with E-state index >= 15 is 0 Å². The van der Waals surface area contributed by atoms with E-state index in [1.165, 1.54) is 12.8 Å². The Hall–Kier alpha value is -1.40. The van der Waals surface area contributed by atoms with Gasteiger partial charge in [-0.1, -0.05) is 0 Å². The van der Waals surface area contributed by atoms with Crippen molar-refractivity contribution in [1.82, 2.24) is 9.97 Å². The molecule has 0 bridgehead atoms. The number of hydrogen-bond donors (Lipinski definition) is 2. The number of hydrogen-bond acceptors (Lipinski definition) is 6. The average Bonchev–Trinajstić information content (AvgIpc) is 3.29. The molecule has 3 atom stereocenters. The molecule has 2 fully saturated rings. The van der Waals surface area contributed by atoms with Crippen LogP contribution in [0.3, 0.4) is 0 Å². The van der Waals surface area contributed by atoms with Crippen LogP contribution in [0.15, 0.2) is 12.4 Å². The molecule has 6 heteroatoms. The number of nitrogens with zero attached hydrogens (tertiary/aromatic N) is 3. The van der Waals surface area contributed by atoms with Crippen molar-refractivity contribution in [3.63, 3.8) is 0 Å². The lowest BCUT2D eigenvalue weighted by Gasteiger charge is -2.37. The van der Waals surface area contributed by atoms with Crippen LogP contribution in [0.5, 0.6) is 0 Å². The highest BCUT2D eigenvalue weighted by atomic mass is 16.5. The summed E-state index contributed by atoms with van der Waals surface area (Å²) < 4.78 is 6.04. The van der Waals surface area contributed by atoms with Crippen LogP contribution in [0.4, 0.5) is 11.6 Å². The molecule has 2 aliphatic rings. The molecule has 0 amide bonds. The highest BCUT2D eigenvalue weighted by Crippen LogP contribution is 2.37. The molecule has 3 rings (SSSR count). The van der Waals surface area contributed by atoms with Crippen molar-refractivity contribution in [2.24, 2.45) is 5.92 Å². The van der Waals surface area contributed by atoms with E-state index < -0.39 is 6.10 Å². The monoisotopic (exact) mass is 292 g/mol. The van der Waals surface area contributed by atoms with Gasteiger partial charge in [0.05, 0.1) is 18.3 Å². The van der Waals surface area contributed by atoms with Gasteiger partial charge in [-0.25, -0.2) is 9.97 Å². The van der Waals surface area contributed by atoms with Gasteiger partial charge in [0.25, 0.3) is 0 Å². The molecule has 21 heavy (non-hydrogen) atoms. The fraction of sp³-hybridized carbons (Fsp3) is 0.733. The highest BCUT2D eigenvalue weighted by Gasteiger charge is 2.37. The SMILES string of the molecule is C[C@H](O)CNc1cc(N2C[C@@H](C)O[C@@H](C3CC3)C2)ncn1. The predicted octanol–water partition coefficient (Wildman–Crippen LogP) is 1.27. The van der Waals surface area contributed by atoms with Gasteiger partial charge in [0.1, 0.15) is 18.0 Å². The fourth-order valence-corrected chi connectivity index (χ4v) is 2.77. The van der Waals surface area contributed by atoms with Crippen LogP contribution in [-0.4, -0.2) is 53.0 Å². The zero-order valence-electron chi connectivity index (χ0n) is 12.7. The molecule has 116 valence electrons. The number of anilines is 2. The van der Waals surface area contributed by atoms with Crippen molar-refractivity contribution in [2.75, 3.05) is 29.9 Å². The van der Waals surface area contributed by atoms with Gasteiger partial charge in [-0.15, -0.1) is 0 Å². The summed E-state index contributed by atoms with van der Waals surface area (Å²) in [5.41, 5.74) is 0. The number of aromatic nitrogens is 2. The lowest BCUT2D eigenvalue weighted by molar-refractivity contribution is -0.0273. The van der Waals surface area contributed by atoms with Crippen LogP contribution in [0.1, 0.15) is 26.7 Å². The Morgan fingerprint density at radius 2 is 2.24 bits per heavy atom. The largest absolute Gasteiger partial charge is 0.392 e. The smallest absolute Gasteiger partial charge is 0.134 e. The first kappa shape index (κ1) is 14.5. The molecular formula is C15H24N4O2. The summed E-state index contributed by atoms with van der Waals surface area (Å²) in [5.74, 6) is 2.41. The summed E-state index contributed by atoms with van der Waals surface area (Å²) in [5, 5.41) is 12.5. The molecule has 1 saturated heterocycles. The third-order valence-electron chi connectivity index (χ3n) is 3.99. The maximum absolute atomic E-state index is 9.34. The average molecular weight is 292 g/mol. The van der Waals surface area contributed by atoms with Crippen LogP contribution in [0, 0.1) is 5.92 Å². The summed E-state index contributed by atoms with van der Waals surface area (Å²) in [6.07, 6.45) is 4.31. The standard InChI is InChI=1S/C15H24N4O2/c1-10(20)6-16-14-5-15(18-9-17-14)19-7-11(2)21-13(8-19)12-3-4-12/h5,9-13,20H,3-4,6-8H2,1-2H3,(H,16,17,18)/t10-,11+,13+/m0/s1. The van der Waals surface area contributed by atoms with Crippen LogP contribution in [0.2, 0.25) is 0 Å². The molecule has 0 spiro atoms. The molecule has 0 unspecified atom stereocenters. The Labute approximate surface area is 125 Å².